The number of piperazine rings is 1. The van der Waals surface area contributed by atoms with Gasteiger partial charge < -0.3 is 19.6 Å². The van der Waals surface area contributed by atoms with E-state index in [1.807, 2.05) is 42.5 Å². The quantitative estimate of drug-likeness (QED) is 0.198. The molecule has 1 aliphatic rings. The van der Waals surface area contributed by atoms with Crippen molar-refractivity contribution >= 4 is 69.3 Å². The molecule has 1 saturated heterocycles. The topological polar surface area (TPSA) is 94.5 Å². The van der Waals surface area contributed by atoms with Crippen molar-refractivity contribution in [3.8, 4) is 11.5 Å². The zero-order chi connectivity index (χ0) is 28.9. The molecule has 2 amide bonds. The summed E-state index contributed by atoms with van der Waals surface area (Å²) in [7, 11) is 0. The van der Waals surface area contributed by atoms with Gasteiger partial charge in [-0.05, 0) is 53.9 Å². The van der Waals surface area contributed by atoms with Gasteiger partial charge in [-0.15, -0.1) is 0 Å². The molecule has 0 spiro atoms. The fourth-order valence-corrected chi connectivity index (χ4v) is 5.01. The van der Waals surface area contributed by atoms with Crippen molar-refractivity contribution in [2.24, 2.45) is 5.10 Å². The minimum absolute atomic E-state index is 0.0762. The van der Waals surface area contributed by atoms with Crippen LogP contribution >= 0.6 is 34.8 Å². The Morgan fingerprint density at radius 1 is 0.878 bits per heavy atom. The van der Waals surface area contributed by atoms with Crippen LogP contribution in [0.1, 0.15) is 15.9 Å². The Morgan fingerprint density at radius 2 is 1.63 bits per heavy atom. The lowest BCUT2D eigenvalue weighted by molar-refractivity contribution is -0.133. The monoisotopic (exact) mass is 610 g/mol. The van der Waals surface area contributed by atoms with Crippen LogP contribution in [-0.2, 0) is 4.79 Å². The molecule has 1 heterocycles. The highest BCUT2D eigenvalue weighted by Gasteiger charge is 2.22. The molecule has 2 N–H and O–H groups in total. The number of ether oxygens (including phenoxy) is 1. The molecule has 0 aromatic heterocycles. The molecule has 0 unspecified atom stereocenters. The fourth-order valence-electron chi connectivity index (χ4n) is 4.53. The van der Waals surface area contributed by atoms with E-state index in [2.05, 4.69) is 15.4 Å². The Kier molecular flexibility index (Phi) is 8.83. The lowest BCUT2D eigenvalue weighted by atomic mass is 10.0. The average molecular weight is 612 g/mol. The number of amides is 2. The van der Waals surface area contributed by atoms with Gasteiger partial charge in [0.15, 0.2) is 6.61 Å². The lowest BCUT2D eigenvalue weighted by Crippen LogP contribution is -2.50. The molecule has 11 heteroatoms. The predicted molar refractivity (Wildman–Crippen MR) is 163 cm³/mol. The molecule has 5 rings (SSSR count). The predicted octanol–water partition coefficient (Wildman–Crippen LogP) is 6.00. The molecule has 4 aromatic rings. The number of aromatic hydroxyl groups is 1. The van der Waals surface area contributed by atoms with E-state index in [-0.39, 0.29) is 28.8 Å². The average Bonchev–Trinajstić information content (AvgIpc) is 2.99. The van der Waals surface area contributed by atoms with Crippen LogP contribution in [0, 0.1) is 0 Å². The van der Waals surface area contributed by atoms with E-state index < -0.39 is 5.91 Å². The molecule has 4 aromatic carbocycles. The Bertz CT molecular complexity index is 1640. The second-order valence-electron chi connectivity index (χ2n) is 9.32. The number of rotatable bonds is 7. The molecule has 0 atom stereocenters. The number of nitrogens with zero attached hydrogens (tertiary/aromatic N) is 3. The van der Waals surface area contributed by atoms with Crippen molar-refractivity contribution in [2.75, 3.05) is 37.7 Å². The molecule has 0 saturated carbocycles. The summed E-state index contributed by atoms with van der Waals surface area (Å²) in [5.41, 5.74) is 4.45. The highest BCUT2D eigenvalue weighted by molar-refractivity contribution is 6.42. The van der Waals surface area contributed by atoms with Crippen LogP contribution in [0.2, 0.25) is 15.1 Å². The summed E-state index contributed by atoms with van der Waals surface area (Å²) in [4.78, 5) is 29.3. The summed E-state index contributed by atoms with van der Waals surface area (Å²) in [6, 6.07) is 20.9. The van der Waals surface area contributed by atoms with Crippen molar-refractivity contribution in [1.82, 2.24) is 10.3 Å². The van der Waals surface area contributed by atoms with Crippen LogP contribution in [0.25, 0.3) is 10.8 Å². The van der Waals surface area contributed by atoms with Gasteiger partial charge >= 0.3 is 0 Å². The number of carbonyl (C=O) groups is 2. The smallest absolute Gasteiger partial charge is 0.271 e. The van der Waals surface area contributed by atoms with Gasteiger partial charge in [-0.25, -0.2) is 5.43 Å². The zero-order valence-electron chi connectivity index (χ0n) is 21.7. The third-order valence-electron chi connectivity index (χ3n) is 6.75. The van der Waals surface area contributed by atoms with Gasteiger partial charge in [0.25, 0.3) is 11.8 Å². The fraction of sp³-hybridized carbons (Fsp3) is 0.167. The maximum absolute atomic E-state index is 12.9. The molecule has 0 aliphatic carbocycles. The van der Waals surface area contributed by atoms with Crippen LogP contribution in [0.3, 0.4) is 0 Å². The molecule has 0 bridgehead atoms. The summed E-state index contributed by atoms with van der Waals surface area (Å²) in [6.07, 6.45) is 1.53. The number of nitrogens with one attached hydrogen (secondary N) is 1. The number of benzene rings is 4. The highest BCUT2D eigenvalue weighted by atomic mass is 35.5. The van der Waals surface area contributed by atoms with Crippen molar-refractivity contribution in [2.45, 2.75) is 0 Å². The third-order valence-corrected chi connectivity index (χ3v) is 7.79. The molecular formula is C30H25Cl3N4O4. The Hall–Kier alpha value is -3.98. The van der Waals surface area contributed by atoms with E-state index in [1.165, 1.54) is 24.4 Å². The number of phenolic OH excluding ortho intramolecular Hbond substituents is 1. The van der Waals surface area contributed by atoms with Gasteiger partial charge in [-0.2, -0.15) is 5.10 Å². The van der Waals surface area contributed by atoms with E-state index >= 15 is 0 Å². The van der Waals surface area contributed by atoms with Crippen molar-refractivity contribution in [1.29, 1.82) is 0 Å². The summed E-state index contributed by atoms with van der Waals surface area (Å²) in [5, 5.41) is 16.4. The second kappa shape index (κ2) is 12.7. The Morgan fingerprint density at radius 3 is 2.37 bits per heavy atom. The maximum Gasteiger partial charge on any atom is 0.271 e. The first-order valence-electron chi connectivity index (χ1n) is 12.7. The largest absolute Gasteiger partial charge is 0.506 e. The summed E-state index contributed by atoms with van der Waals surface area (Å²) >= 11 is 18.1. The molecule has 1 fully saturated rings. The zero-order valence-corrected chi connectivity index (χ0v) is 24.0. The minimum Gasteiger partial charge on any atom is -0.506 e. The van der Waals surface area contributed by atoms with Crippen LogP contribution in [0.15, 0.2) is 77.9 Å². The first kappa shape index (κ1) is 28.5. The molecule has 41 heavy (non-hydrogen) atoms. The van der Waals surface area contributed by atoms with Gasteiger partial charge in [0, 0.05) is 48.4 Å². The molecule has 8 nitrogen and oxygen atoms in total. The van der Waals surface area contributed by atoms with E-state index in [1.54, 1.807) is 17.0 Å². The number of anilines is 1. The SMILES string of the molecule is O=C(NN=Cc1ccc(OCC(=O)N2CCN(c3ccc(Cl)c(Cl)c3)CC2)c2ccccc12)c1ccc(O)c(Cl)c1. The van der Waals surface area contributed by atoms with E-state index in [9.17, 15) is 14.7 Å². The standard InChI is InChI=1S/C30H25Cl3N4O4/c31-24-8-7-21(16-25(24)32)36-11-13-37(14-12-36)29(39)18-41-28-10-6-20(22-3-1-2-4-23(22)28)17-34-35-30(40)19-5-9-27(38)26(33)15-19/h1-10,15-17,38H,11-14,18H2,(H,35,40). The van der Waals surface area contributed by atoms with Gasteiger partial charge in [0.2, 0.25) is 0 Å². The summed E-state index contributed by atoms with van der Waals surface area (Å²) in [6.45, 7) is 2.41. The van der Waals surface area contributed by atoms with Crippen molar-refractivity contribution < 1.29 is 19.4 Å². The van der Waals surface area contributed by atoms with Gasteiger partial charge in [-0.3, -0.25) is 9.59 Å². The van der Waals surface area contributed by atoms with Gasteiger partial charge in [0.1, 0.15) is 11.5 Å². The minimum atomic E-state index is -0.469. The van der Waals surface area contributed by atoms with E-state index in [0.29, 0.717) is 42.0 Å². The maximum atomic E-state index is 12.9. The van der Waals surface area contributed by atoms with Crippen LogP contribution < -0.4 is 15.1 Å². The van der Waals surface area contributed by atoms with E-state index in [0.717, 1.165) is 22.0 Å². The first-order valence-corrected chi connectivity index (χ1v) is 13.9. The number of carbonyl (C=O) groups excluding carboxylic acids is 2. The molecule has 0 radical (unpaired) electrons. The number of halogens is 3. The Labute approximate surface area is 251 Å². The number of phenols is 1. The number of hydrazone groups is 1. The van der Waals surface area contributed by atoms with Gasteiger partial charge in [0.05, 0.1) is 21.3 Å². The van der Waals surface area contributed by atoms with Crippen molar-refractivity contribution in [3.05, 3.63) is 99.0 Å². The highest BCUT2D eigenvalue weighted by Crippen LogP contribution is 2.29. The second-order valence-corrected chi connectivity index (χ2v) is 10.5. The lowest BCUT2D eigenvalue weighted by Gasteiger charge is -2.36. The normalized spacial score (nSPS) is 13.5. The molecule has 210 valence electrons. The van der Waals surface area contributed by atoms with Crippen molar-refractivity contribution in [3.63, 3.8) is 0 Å². The van der Waals surface area contributed by atoms with Crippen LogP contribution in [0.5, 0.6) is 11.5 Å². The molecule has 1 aliphatic heterocycles. The van der Waals surface area contributed by atoms with E-state index in [4.69, 9.17) is 39.5 Å². The third kappa shape index (κ3) is 6.68. The Balaban J connectivity index is 1.20. The summed E-state index contributed by atoms with van der Waals surface area (Å²) in [5.74, 6) is -0.0951. The van der Waals surface area contributed by atoms with Gasteiger partial charge in [-0.1, -0.05) is 59.1 Å². The van der Waals surface area contributed by atoms with Crippen LogP contribution in [0.4, 0.5) is 5.69 Å². The molecular weight excluding hydrogens is 587 g/mol. The van der Waals surface area contributed by atoms with Crippen LogP contribution in [-0.4, -0.2) is 60.8 Å². The number of hydrogen-bond donors (Lipinski definition) is 2. The first-order chi connectivity index (χ1) is 19.8. The number of hydrogen-bond acceptors (Lipinski definition) is 6. The number of fused-ring (bicyclic) bond motifs is 1. The summed E-state index contributed by atoms with van der Waals surface area (Å²) < 4.78 is 5.97.